The molecule has 2 aliphatic rings. The van der Waals surface area contributed by atoms with Crippen molar-refractivity contribution >= 4 is 0 Å². The molecule has 18 heavy (non-hydrogen) atoms. The van der Waals surface area contributed by atoms with E-state index in [2.05, 4.69) is 16.4 Å². The van der Waals surface area contributed by atoms with E-state index in [1.54, 1.807) is 0 Å². The third-order valence-corrected chi connectivity index (χ3v) is 3.76. The summed E-state index contributed by atoms with van der Waals surface area (Å²) in [6.07, 6.45) is 5.32. The maximum Gasteiger partial charge on any atom is 0.217 e. The highest BCUT2D eigenvalue weighted by Crippen LogP contribution is 2.32. The molecule has 4 heteroatoms. The Morgan fingerprint density at radius 2 is 2.17 bits per heavy atom. The fourth-order valence-corrected chi connectivity index (χ4v) is 2.71. The summed E-state index contributed by atoms with van der Waals surface area (Å²) in [6, 6.07) is 4.16. The molecular formula is C14H20N2O2. The Morgan fingerprint density at radius 3 is 2.94 bits per heavy atom. The van der Waals surface area contributed by atoms with Crippen LogP contribution in [0.1, 0.15) is 30.7 Å². The molecule has 3 heterocycles. The fourth-order valence-electron chi connectivity index (χ4n) is 2.71. The van der Waals surface area contributed by atoms with E-state index in [1.807, 2.05) is 12.3 Å². The highest BCUT2D eigenvalue weighted by atomic mass is 16.5. The van der Waals surface area contributed by atoms with E-state index in [0.29, 0.717) is 5.92 Å². The van der Waals surface area contributed by atoms with Crippen molar-refractivity contribution in [3.63, 3.8) is 0 Å². The Balaban J connectivity index is 1.75. The van der Waals surface area contributed by atoms with Gasteiger partial charge in [0.05, 0.1) is 0 Å². The molecule has 0 unspecified atom stereocenters. The van der Waals surface area contributed by atoms with E-state index in [0.717, 1.165) is 51.4 Å². The summed E-state index contributed by atoms with van der Waals surface area (Å²) in [5.41, 5.74) is 1.26. The predicted octanol–water partition coefficient (Wildman–Crippen LogP) is 1.72. The predicted molar refractivity (Wildman–Crippen MR) is 68.9 cm³/mol. The first-order valence-corrected chi connectivity index (χ1v) is 6.83. The maximum absolute atomic E-state index is 6.05. The monoisotopic (exact) mass is 248 g/mol. The first-order chi connectivity index (χ1) is 8.93. The molecule has 4 nitrogen and oxygen atoms in total. The lowest BCUT2D eigenvalue weighted by molar-refractivity contribution is 0.0839. The number of hydrogen-bond donors (Lipinski definition) is 1. The number of nitrogens with one attached hydrogen (secondary N) is 1. The summed E-state index contributed by atoms with van der Waals surface area (Å²) in [6.45, 7) is 3.68. The smallest absolute Gasteiger partial charge is 0.217 e. The Hall–Kier alpha value is -1.13. The highest BCUT2D eigenvalue weighted by Gasteiger charge is 2.23. The van der Waals surface area contributed by atoms with Gasteiger partial charge in [-0.15, -0.1) is 0 Å². The first kappa shape index (κ1) is 11.9. The standard InChI is InChI=1S/C14H20N2O2/c1-2-13(11-4-8-17-9-5-11)14(16-6-1)18-12-3-7-15-10-12/h1-2,6,11-12,15H,3-5,7-10H2/t12-/m1/s1. The molecule has 0 spiro atoms. The number of hydrogen-bond acceptors (Lipinski definition) is 4. The van der Waals surface area contributed by atoms with Crippen LogP contribution in [-0.2, 0) is 4.74 Å². The molecule has 1 atom stereocenters. The van der Waals surface area contributed by atoms with Crippen molar-refractivity contribution in [2.45, 2.75) is 31.3 Å². The SMILES string of the molecule is c1cnc(O[C@@H]2CCNC2)c(C2CCOCC2)c1. The van der Waals surface area contributed by atoms with Gasteiger partial charge in [0.1, 0.15) is 6.10 Å². The second kappa shape index (κ2) is 5.67. The van der Waals surface area contributed by atoms with Crippen molar-refractivity contribution in [1.82, 2.24) is 10.3 Å². The summed E-state index contributed by atoms with van der Waals surface area (Å²) in [4.78, 5) is 4.43. The second-order valence-corrected chi connectivity index (χ2v) is 5.02. The van der Waals surface area contributed by atoms with E-state index < -0.39 is 0 Å². The van der Waals surface area contributed by atoms with Crippen molar-refractivity contribution < 1.29 is 9.47 Å². The average Bonchev–Trinajstić information content (AvgIpc) is 2.93. The van der Waals surface area contributed by atoms with Crippen LogP contribution in [-0.4, -0.2) is 37.4 Å². The minimum Gasteiger partial charge on any atom is -0.473 e. The van der Waals surface area contributed by atoms with Crippen LogP contribution in [0.5, 0.6) is 5.88 Å². The topological polar surface area (TPSA) is 43.4 Å². The number of rotatable bonds is 3. The van der Waals surface area contributed by atoms with Crippen molar-refractivity contribution in [3.8, 4) is 5.88 Å². The normalized spacial score (nSPS) is 25.2. The van der Waals surface area contributed by atoms with Crippen LogP contribution in [0, 0.1) is 0 Å². The van der Waals surface area contributed by atoms with Gasteiger partial charge in [0, 0.05) is 31.5 Å². The number of nitrogens with zero attached hydrogens (tertiary/aromatic N) is 1. The van der Waals surface area contributed by atoms with Crippen molar-refractivity contribution in [2.24, 2.45) is 0 Å². The molecule has 1 aromatic rings. The summed E-state index contributed by atoms with van der Waals surface area (Å²) in [5, 5.41) is 3.32. The zero-order valence-electron chi connectivity index (χ0n) is 10.6. The molecule has 0 amide bonds. The molecule has 98 valence electrons. The van der Waals surface area contributed by atoms with Gasteiger partial charge in [-0.25, -0.2) is 4.98 Å². The van der Waals surface area contributed by atoms with Gasteiger partial charge in [-0.05, 0) is 37.8 Å². The minimum atomic E-state index is 0.276. The summed E-state index contributed by atoms with van der Waals surface area (Å²) in [7, 11) is 0. The molecule has 2 saturated heterocycles. The summed E-state index contributed by atoms with van der Waals surface area (Å²) in [5.74, 6) is 1.37. The van der Waals surface area contributed by atoms with E-state index in [9.17, 15) is 0 Å². The lowest BCUT2D eigenvalue weighted by atomic mass is 9.92. The molecule has 0 saturated carbocycles. The second-order valence-electron chi connectivity index (χ2n) is 5.02. The third kappa shape index (κ3) is 2.65. The number of ether oxygens (including phenoxy) is 2. The molecule has 0 bridgehead atoms. The van der Waals surface area contributed by atoms with Gasteiger partial charge in [0.15, 0.2) is 0 Å². The van der Waals surface area contributed by atoms with Crippen LogP contribution in [0.3, 0.4) is 0 Å². The largest absolute Gasteiger partial charge is 0.473 e. The van der Waals surface area contributed by atoms with E-state index in [-0.39, 0.29) is 6.10 Å². The lowest BCUT2D eigenvalue weighted by Gasteiger charge is -2.24. The lowest BCUT2D eigenvalue weighted by Crippen LogP contribution is -2.22. The van der Waals surface area contributed by atoms with Crippen LogP contribution in [0.2, 0.25) is 0 Å². The highest BCUT2D eigenvalue weighted by molar-refractivity contribution is 5.30. The van der Waals surface area contributed by atoms with Gasteiger partial charge >= 0.3 is 0 Å². The third-order valence-electron chi connectivity index (χ3n) is 3.76. The average molecular weight is 248 g/mol. The van der Waals surface area contributed by atoms with Gasteiger partial charge in [0.25, 0.3) is 0 Å². The van der Waals surface area contributed by atoms with E-state index >= 15 is 0 Å². The molecule has 0 aromatic carbocycles. The van der Waals surface area contributed by atoms with Gasteiger partial charge in [-0.3, -0.25) is 0 Å². The van der Waals surface area contributed by atoms with Gasteiger partial charge in [-0.1, -0.05) is 6.07 Å². The number of pyridine rings is 1. The zero-order chi connectivity index (χ0) is 12.2. The van der Waals surface area contributed by atoms with Crippen LogP contribution in [0.4, 0.5) is 0 Å². The maximum atomic E-state index is 6.05. The molecule has 3 rings (SSSR count). The summed E-state index contributed by atoms with van der Waals surface area (Å²) >= 11 is 0. The molecular weight excluding hydrogens is 228 g/mol. The quantitative estimate of drug-likeness (QED) is 0.884. The molecule has 0 aliphatic carbocycles. The molecule has 1 N–H and O–H groups in total. The van der Waals surface area contributed by atoms with Gasteiger partial charge in [-0.2, -0.15) is 0 Å². The Bertz CT molecular complexity index is 385. The Kier molecular flexibility index (Phi) is 3.76. The van der Waals surface area contributed by atoms with Crippen LogP contribution in [0.15, 0.2) is 18.3 Å². The molecule has 0 radical (unpaired) electrons. The van der Waals surface area contributed by atoms with E-state index in [1.165, 1.54) is 5.56 Å². The number of aromatic nitrogens is 1. The van der Waals surface area contributed by atoms with Crippen molar-refractivity contribution in [2.75, 3.05) is 26.3 Å². The minimum absolute atomic E-state index is 0.276. The van der Waals surface area contributed by atoms with Crippen molar-refractivity contribution in [3.05, 3.63) is 23.9 Å². The van der Waals surface area contributed by atoms with Crippen LogP contribution < -0.4 is 10.1 Å². The van der Waals surface area contributed by atoms with Crippen LogP contribution in [0.25, 0.3) is 0 Å². The zero-order valence-corrected chi connectivity index (χ0v) is 10.6. The molecule has 2 aliphatic heterocycles. The molecule has 1 aromatic heterocycles. The summed E-state index contributed by atoms with van der Waals surface area (Å²) < 4.78 is 11.5. The van der Waals surface area contributed by atoms with Crippen molar-refractivity contribution in [1.29, 1.82) is 0 Å². The Morgan fingerprint density at radius 1 is 1.28 bits per heavy atom. The van der Waals surface area contributed by atoms with Gasteiger partial charge in [0.2, 0.25) is 5.88 Å². The van der Waals surface area contributed by atoms with Crippen LogP contribution >= 0.6 is 0 Å². The molecule has 2 fully saturated rings. The van der Waals surface area contributed by atoms with E-state index in [4.69, 9.17) is 9.47 Å². The Labute approximate surface area is 108 Å². The first-order valence-electron chi connectivity index (χ1n) is 6.83. The van der Waals surface area contributed by atoms with Gasteiger partial charge < -0.3 is 14.8 Å². The fraction of sp³-hybridized carbons (Fsp3) is 0.643.